The number of nitriles is 2. The van der Waals surface area contributed by atoms with E-state index in [0.717, 1.165) is 9.79 Å². The molecule has 28 heavy (non-hydrogen) atoms. The van der Waals surface area contributed by atoms with Crippen LogP contribution in [-0.4, -0.2) is 9.49 Å². The van der Waals surface area contributed by atoms with Crippen molar-refractivity contribution in [2.75, 3.05) is 0 Å². The fourth-order valence-corrected chi connectivity index (χ4v) is 7.79. The Morgan fingerprint density at radius 3 is 1.50 bits per heavy atom. The molecule has 2 aromatic rings. The number of fused-ring (bicyclic) bond motifs is 7. The van der Waals surface area contributed by atoms with Crippen molar-refractivity contribution in [2.45, 2.75) is 33.1 Å². The van der Waals surface area contributed by atoms with Crippen LogP contribution in [-0.2, 0) is 0 Å². The molecule has 0 unspecified atom stereocenters. The lowest BCUT2D eigenvalue weighted by Gasteiger charge is -2.45. The van der Waals surface area contributed by atoms with Crippen LogP contribution in [0.25, 0.3) is 11.1 Å². The molecule has 2 nitrogen and oxygen atoms in total. The Morgan fingerprint density at radius 2 is 1.14 bits per heavy atom. The van der Waals surface area contributed by atoms with Crippen LogP contribution >= 0.6 is 23.5 Å². The van der Waals surface area contributed by atoms with Gasteiger partial charge in [0, 0.05) is 32.1 Å². The second kappa shape index (κ2) is 5.50. The largest absolute Gasteiger partial charge is 0.206 e. The summed E-state index contributed by atoms with van der Waals surface area (Å²) in [7, 11) is 0. The molecule has 0 saturated carbocycles. The summed E-state index contributed by atoms with van der Waals surface area (Å²) in [4.78, 5) is 1.48. The summed E-state index contributed by atoms with van der Waals surface area (Å²) in [6.07, 6.45) is 0. The number of rotatable bonds is 0. The van der Waals surface area contributed by atoms with E-state index < -0.39 is 21.1 Å². The quantitative estimate of drug-likeness (QED) is 0.541. The molecule has 0 N–H and O–H groups in total. The molecule has 0 amide bonds. The Kier molecular flexibility index (Phi) is 3.45. The minimum absolute atomic E-state index is 0.144. The molecule has 0 bridgehead atoms. The average Bonchev–Trinajstić information content (AvgIpc) is 3.15. The third-order valence-electron chi connectivity index (χ3n) is 5.92. The second-order valence-corrected chi connectivity index (χ2v) is 10.1. The van der Waals surface area contributed by atoms with E-state index in [1.54, 1.807) is 12.1 Å². The van der Waals surface area contributed by atoms with Gasteiger partial charge >= 0.3 is 0 Å². The monoisotopic (exact) mass is 406 g/mol. The maximum atomic E-state index is 14.8. The third kappa shape index (κ3) is 1.83. The van der Waals surface area contributed by atoms with Gasteiger partial charge in [-0.3, -0.25) is 0 Å². The Labute approximate surface area is 169 Å². The zero-order valence-electron chi connectivity index (χ0n) is 14.9. The van der Waals surface area contributed by atoms with Gasteiger partial charge in [-0.05, 0) is 38.1 Å². The first-order chi connectivity index (χ1) is 13.4. The van der Waals surface area contributed by atoms with Crippen LogP contribution < -0.4 is 0 Å². The van der Waals surface area contributed by atoms with E-state index in [1.165, 1.54) is 35.7 Å². The molecule has 2 heterocycles. The molecule has 0 aromatic heterocycles. The van der Waals surface area contributed by atoms with E-state index in [4.69, 9.17) is 0 Å². The summed E-state index contributed by atoms with van der Waals surface area (Å²) in [5, 5.41) is 19.9. The van der Waals surface area contributed by atoms with E-state index in [2.05, 4.69) is 12.1 Å². The number of hydrogen-bond acceptors (Lipinski definition) is 4. The Morgan fingerprint density at radius 1 is 0.750 bits per heavy atom. The average molecular weight is 406 g/mol. The van der Waals surface area contributed by atoms with E-state index >= 15 is 0 Å². The molecule has 0 fully saturated rings. The van der Waals surface area contributed by atoms with Gasteiger partial charge in [-0.2, -0.15) is 10.5 Å². The number of halogens is 2. The molecule has 2 aliphatic heterocycles. The lowest BCUT2D eigenvalue weighted by atomic mass is 9.68. The number of allylic oxidation sites excluding steroid dienone is 2. The predicted octanol–water partition coefficient (Wildman–Crippen LogP) is 5.96. The number of thioether (sulfide) groups is 2. The molecule has 1 aliphatic carbocycles. The summed E-state index contributed by atoms with van der Waals surface area (Å²) in [6, 6.07) is 14.0. The number of nitrogens with zero attached hydrogens (tertiary/aromatic N) is 2. The van der Waals surface area contributed by atoms with Gasteiger partial charge in [0.25, 0.3) is 0 Å². The highest BCUT2D eigenvalue weighted by atomic mass is 32.2. The number of hydrogen-bond donors (Lipinski definition) is 0. The van der Waals surface area contributed by atoms with Crippen LogP contribution in [0.4, 0.5) is 8.78 Å². The second-order valence-electron chi connectivity index (χ2n) is 7.22. The van der Waals surface area contributed by atoms with Gasteiger partial charge in [0.15, 0.2) is 0 Å². The maximum Gasteiger partial charge on any atom is 0.131 e. The molecule has 2 atom stereocenters. The van der Waals surface area contributed by atoms with Gasteiger partial charge in [-0.1, -0.05) is 12.1 Å². The zero-order chi connectivity index (χ0) is 19.8. The predicted molar refractivity (Wildman–Crippen MR) is 106 cm³/mol. The number of benzene rings is 2. The Bertz CT molecular complexity index is 1150. The Hall–Kier alpha value is -2.54. The van der Waals surface area contributed by atoms with E-state index in [9.17, 15) is 19.3 Å². The fraction of sp³-hybridized carbons (Fsp3) is 0.182. The molecule has 0 saturated heterocycles. The molecule has 0 radical (unpaired) electrons. The van der Waals surface area contributed by atoms with Gasteiger partial charge in [0.05, 0.1) is 20.6 Å². The molecular formula is C22H12F2N2S2. The first-order valence-corrected chi connectivity index (χ1v) is 10.3. The van der Waals surface area contributed by atoms with E-state index in [1.807, 2.05) is 26.0 Å². The van der Waals surface area contributed by atoms with Crippen LogP contribution in [0, 0.1) is 34.3 Å². The molecular weight excluding hydrogens is 394 g/mol. The van der Waals surface area contributed by atoms with Crippen LogP contribution in [0.2, 0.25) is 0 Å². The third-order valence-corrected chi connectivity index (χ3v) is 9.21. The van der Waals surface area contributed by atoms with Gasteiger partial charge in [0.1, 0.15) is 23.8 Å². The first-order valence-electron chi connectivity index (χ1n) is 8.63. The summed E-state index contributed by atoms with van der Waals surface area (Å²) < 4.78 is 28.2. The van der Waals surface area contributed by atoms with Gasteiger partial charge in [0.2, 0.25) is 0 Å². The normalized spacial score (nSPS) is 26.9. The highest BCUT2D eigenvalue weighted by Crippen LogP contribution is 2.72. The lowest BCUT2D eigenvalue weighted by molar-refractivity contribution is 0.610. The minimum atomic E-state index is -0.728. The maximum absolute atomic E-state index is 14.8. The van der Waals surface area contributed by atoms with Crippen molar-refractivity contribution in [3.63, 3.8) is 0 Å². The molecule has 136 valence electrons. The molecule has 5 rings (SSSR count). The van der Waals surface area contributed by atoms with Crippen LogP contribution in [0.15, 0.2) is 57.3 Å². The van der Waals surface area contributed by atoms with Gasteiger partial charge in [-0.25, -0.2) is 8.78 Å². The molecule has 2 aromatic carbocycles. The minimum Gasteiger partial charge on any atom is -0.206 e. The topological polar surface area (TPSA) is 47.6 Å². The molecule has 0 spiro atoms. The van der Waals surface area contributed by atoms with Crippen molar-refractivity contribution < 1.29 is 8.78 Å². The van der Waals surface area contributed by atoms with Crippen molar-refractivity contribution in [1.82, 2.24) is 0 Å². The van der Waals surface area contributed by atoms with Crippen molar-refractivity contribution >= 4 is 34.7 Å². The standard InChI is InChI=1S/C22H12F2N2S2/c1-21-19(17-13(23)5-3-7-15(17)27-21)11(9-25)12(10-26)20-18-14(24)6-4-8-16(18)28-22(20,21)2/h3-8H,1-2H3/t21-,22-/m1/s1. The molecule has 6 heteroatoms. The van der Waals surface area contributed by atoms with Crippen molar-refractivity contribution in [3.8, 4) is 12.1 Å². The van der Waals surface area contributed by atoms with Crippen molar-refractivity contribution in [3.05, 3.63) is 70.3 Å². The Balaban J connectivity index is 1.97. The van der Waals surface area contributed by atoms with E-state index in [-0.39, 0.29) is 11.1 Å². The smallest absolute Gasteiger partial charge is 0.131 e. The van der Waals surface area contributed by atoms with Crippen LogP contribution in [0.5, 0.6) is 0 Å². The first kappa shape index (κ1) is 17.6. The van der Waals surface area contributed by atoms with Crippen LogP contribution in [0.3, 0.4) is 0 Å². The van der Waals surface area contributed by atoms with E-state index in [0.29, 0.717) is 22.3 Å². The highest BCUT2D eigenvalue weighted by Gasteiger charge is 2.62. The zero-order valence-corrected chi connectivity index (χ0v) is 16.6. The fourth-order valence-electron chi connectivity index (χ4n) is 4.56. The van der Waals surface area contributed by atoms with Crippen molar-refractivity contribution in [2.24, 2.45) is 0 Å². The van der Waals surface area contributed by atoms with Gasteiger partial charge < -0.3 is 0 Å². The summed E-state index contributed by atoms with van der Waals surface area (Å²) in [5.74, 6) is -0.819. The molecule has 3 aliphatic rings. The lowest BCUT2D eigenvalue weighted by Crippen LogP contribution is -2.46. The van der Waals surface area contributed by atoms with Crippen LogP contribution in [0.1, 0.15) is 25.0 Å². The summed E-state index contributed by atoms with van der Waals surface area (Å²) in [5.41, 5.74) is 2.14. The van der Waals surface area contributed by atoms with Gasteiger partial charge in [-0.15, -0.1) is 23.5 Å². The van der Waals surface area contributed by atoms with Crippen molar-refractivity contribution in [1.29, 1.82) is 10.5 Å². The summed E-state index contributed by atoms with van der Waals surface area (Å²) >= 11 is 2.97. The highest BCUT2D eigenvalue weighted by molar-refractivity contribution is 8.06. The summed E-state index contributed by atoms with van der Waals surface area (Å²) in [6.45, 7) is 3.93. The SMILES string of the molecule is C[C@@]12Sc3cccc(F)c3C1=C(C#N)C(C#N)=C1c3c(F)cccc3S[C@]12C.